The lowest BCUT2D eigenvalue weighted by atomic mass is 10.2. The van der Waals surface area contributed by atoms with E-state index in [2.05, 4.69) is 15.6 Å². The fourth-order valence-corrected chi connectivity index (χ4v) is 3.48. The van der Waals surface area contributed by atoms with Gasteiger partial charge in [-0.3, -0.25) is 5.32 Å². The maximum absolute atomic E-state index is 12.4. The van der Waals surface area contributed by atoms with Gasteiger partial charge in [-0.05, 0) is 31.2 Å². The van der Waals surface area contributed by atoms with Crippen molar-refractivity contribution < 1.29 is 23.7 Å². The number of benzene rings is 2. The number of hydrogen-bond acceptors (Lipinski definition) is 7. The topological polar surface area (TPSA) is 90.9 Å². The fourth-order valence-electron chi connectivity index (χ4n) is 2.77. The summed E-state index contributed by atoms with van der Waals surface area (Å²) in [5, 5.41) is 7.84. The molecular formula is C21H23N3O5S. The normalized spacial score (nSPS) is 10.3. The Bertz CT molecular complexity index is 979. The van der Waals surface area contributed by atoms with E-state index in [9.17, 15) is 4.79 Å². The molecule has 0 saturated heterocycles. The van der Waals surface area contributed by atoms with E-state index in [-0.39, 0.29) is 0 Å². The minimum atomic E-state index is -0.433. The van der Waals surface area contributed by atoms with Crippen LogP contribution in [0.2, 0.25) is 0 Å². The van der Waals surface area contributed by atoms with Crippen LogP contribution in [-0.4, -0.2) is 39.0 Å². The van der Waals surface area contributed by atoms with Gasteiger partial charge in [-0.15, -0.1) is 11.3 Å². The zero-order chi connectivity index (χ0) is 21.5. The highest BCUT2D eigenvalue weighted by Gasteiger charge is 2.15. The Balaban J connectivity index is 1.68. The lowest BCUT2D eigenvalue weighted by Crippen LogP contribution is -2.19. The first-order valence-corrected chi connectivity index (χ1v) is 10.0. The summed E-state index contributed by atoms with van der Waals surface area (Å²) in [5.41, 5.74) is 2.20. The second-order valence-electron chi connectivity index (χ2n) is 5.99. The summed E-state index contributed by atoms with van der Waals surface area (Å²) >= 11 is 1.34. The van der Waals surface area contributed by atoms with Gasteiger partial charge in [-0.2, -0.15) is 0 Å². The van der Waals surface area contributed by atoms with Gasteiger partial charge in [0.05, 0.1) is 39.3 Å². The molecule has 0 saturated carbocycles. The highest BCUT2D eigenvalue weighted by Crippen LogP contribution is 2.40. The van der Waals surface area contributed by atoms with Crippen molar-refractivity contribution in [1.82, 2.24) is 4.98 Å². The van der Waals surface area contributed by atoms with E-state index < -0.39 is 6.03 Å². The van der Waals surface area contributed by atoms with Crippen molar-refractivity contribution in [2.75, 3.05) is 38.6 Å². The Morgan fingerprint density at radius 2 is 1.67 bits per heavy atom. The fraction of sp³-hybridized carbons (Fsp3) is 0.238. The molecule has 0 radical (unpaired) electrons. The molecule has 2 N–H and O–H groups in total. The van der Waals surface area contributed by atoms with Crippen LogP contribution in [0.3, 0.4) is 0 Å². The molecule has 0 aliphatic carbocycles. The molecule has 9 heteroatoms. The maximum atomic E-state index is 12.4. The number of methoxy groups -OCH3 is 3. The van der Waals surface area contributed by atoms with Gasteiger partial charge in [-0.25, -0.2) is 9.78 Å². The largest absolute Gasteiger partial charge is 0.494 e. The minimum absolute atomic E-state index is 0.433. The van der Waals surface area contributed by atoms with E-state index in [4.69, 9.17) is 18.9 Å². The number of amides is 2. The van der Waals surface area contributed by atoms with Crippen LogP contribution in [0.5, 0.6) is 23.0 Å². The van der Waals surface area contributed by atoms with Gasteiger partial charge < -0.3 is 24.3 Å². The Kier molecular flexibility index (Phi) is 6.97. The highest BCUT2D eigenvalue weighted by atomic mass is 32.1. The molecule has 0 aliphatic rings. The molecule has 30 heavy (non-hydrogen) atoms. The van der Waals surface area contributed by atoms with Crippen molar-refractivity contribution >= 4 is 28.2 Å². The smallest absolute Gasteiger partial charge is 0.325 e. The second-order valence-corrected chi connectivity index (χ2v) is 6.85. The van der Waals surface area contributed by atoms with Crippen molar-refractivity contribution in [2.45, 2.75) is 6.92 Å². The third-order valence-electron chi connectivity index (χ3n) is 4.11. The molecule has 158 valence electrons. The minimum Gasteiger partial charge on any atom is -0.494 e. The lowest BCUT2D eigenvalue weighted by molar-refractivity contribution is 0.262. The quantitative estimate of drug-likeness (QED) is 0.530. The predicted octanol–water partition coefficient (Wildman–Crippen LogP) is 4.88. The van der Waals surface area contributed by atoms with Crippen LogP contribution in [0.4, 0.5) is 15.6 Å². The number of nitrogens with zero attached hydrogens (tertiary/aromatic N) is 1. The van der Waals surface area contributed by atoms with Crippen molar-refractivity contribution in [3.05, 3.63) is 41.8 Å². The van der Waals surface area contributed by atoms with Gasteiger partial charge in [0.2, 0.25) is 5.75 Å². The van der Waals surface area contributed by atoms with E-state index in [1.807, 2.05) is 36.6 Å². The van der Waals surface area contributed by atoms with Gasteiger partial charge in [0.15, 0.2) is 16.6 Å². The number of ether oxygens (including phenoxy) is 4. The first-order valence-electron chi connectivity index (χ1n) is 9.14. The zero-order valence-electron chi connectivity index (χ0n) is 17.1. The van der Waals surface area contributed by atoms with Gasteiger partial charge in [0.1, 0.15) is 5.75 Å². The molecule has 0 unspecified atom stereocenters. The van der Waals surface area contributed by atoms with Crippen LogP contribution in [0.15, 0.2) is 41.8 Å². The van der Waals surface area contributed by atoms with E-state index in [0.29, 0.717) is 34.7 Å². The molecule has 2 amide bonds. The first-order chi connectivity index (χ1) is 14.6. The van der Waals surface area contributed by atoms with Gasteiger partial charge in [0.25, 0.3) is 0 Å². The number of thiazole rings is 1. The summed E-state index contributed by atoms with van der Waals surface area (Å²) in [5.74, 6) is 2.14. The Hall–Kier alpha value is -3.46. The zero-order valence-corrected chi connectivity index (χ0v) is 18.0. The van der Waals surface area contributed by atoms with E-state index >= 15 is 0 Å². The summed E-state index contributed by atoms with van der Waals surface area (Å²) in [4.78, 5) is 16.9. The Morgan fingerprint density at radius 1 is 1.00 bits per heavy atom. The first kappa shape index (κ1) is 21.3. The number of nitrogens with one attached hydrogen (secondary N) is 2. The molecule has 3 aromatic rings. The summed E-state index contributed by atoms with van der Waals surface area (Å²) in [7, 11) is 4.54. The van der Waals surface area contributed by atoms with Crippen LogP contribution in [0.1, 0.15) is 6.92 Å². The summed E-state index contributed by atoms with van der Waals surface area (Å²) in [6.45, 7) is 2.56. The van der Waals surface area contributed by atoms with Crippen LogP contribution >= 0.6 is 11.3 Å². The number of aromatic nitrogens is 1. The molecule has 0 spiro atoms. The molecule has 8 nitrogen and oxygen atoms in total. The monoisotopic (exact) mass is 429 g/mol. The Morgan fingerprint density at radius 3 is 2.23 bits per heavy atom. The molecular weight excluding hydrogens is 406 g/mol. The van der Waals surface area contributed by atoms with Gasteiger partial charge in [-0.1, -0.05) is 0 Å². The van der Waals surface area contributed by atoms with E-state index in [0.717, 1.165) is 17.0 Å². The van der Waals surface area contributed by atoms with Crippen molar-refractivity contribution in [3.8, 4) is 34.3 Å². The van der Waals surface area contributed by atoms with Crippen molar-refractivity contribution in [1.29, 1.82) is 0 Å². The Labute approximate surface area is 178 Å². The lowest BCUT2D eigenvalue weighted by Gasteiger charge is -2.14. The molecule has 0 bridgehead atoms. The average Bonchev–Trinajstić information content (AvgIpc) is 3.21. The SMILES string of the molecule is CCOc1ccc(-c2csc(NC(=O)Nc3cc(OC)c(OC)c(OC)c3)n2)cc1. The molecule has 2 aromatic carbocycles. The van der Waals surface area contributed by atoms with Crippen molar-refractivity contribution in [3.63, 3.8) is 0 Å². The molecule has 1 aromatic heterocycles. The number of carbonyl (C=O) groups is 1. The molecule has 1 heterocycles. The van der Waals surface area contributed by atoms with E-state index in [1.165, 1.54) is 32.7 Å². The number of rotatable bonds is 8. The van der Waals surface area contributed by atoms with E-state index in [1.54, 1.807) is 12.1 Å². The predicted molar refractivity (Wildman–Crippen MR) is 117 cm³/mol. The van der Waals surface area contributed by atoms with Crippen molar-refractivity contribution in [2.24, 2.45) is 0 Å². The second kappa shape index (κ2) is 9.84. The number of carbonyl (C=O) groups excluding carboxylic acids is 1. The highest BCUT2D eigenvalue weighted by molar-refractivity contribution is 7.14. The van der Waals surface area contributed by atoms with Crippen LogP contribution in [0, 0.1) is 0 Å². The van der Waals surface area contributed by atoms with Crippen LogP contribution in [0.25, 0.3) is 11.3 Å². The average molecular weight is 429 g/mol. The third kappa shape index (κ3) is 4.93. The number of anilines is 2. The van der Waals surface area contributed by atoms with Crippen LogP contribution in [-0.2, 0) is 0 Å². The van der Waals surface area contributed by atoms with Crippen LogP contribution < -0.4 is 29.6 Å². The summed E-state index contributed by atoms with van der Waals surface area (Å²) in [6, 6.07) is 10.5. The summed E-state index contributed by atoms with van der Waals surface area (Å²) < 4.78 is 21.3. The maximum Gasteiger partial charge on any atom is 0.325 e. The molecule has 0 atom stereocenters. The molecule has 3 rings (SSSR count). The van der Waals surface area contributed by atoms with Gasteiger partial charge in [0, 0.05) is 23.1 Å². The number of urea groups is 1. The standard InChI is InChI=1S/C21H23N3O5S/c1-5-29-15-8-6-13(7-9-15)16-12-30-21(23-16)24-20(25)22-14-10-17(26-2)19(28-4)18(11-14)27-3/h6-12H,5H2,1-4H3,(H2,22,23,24,25). The van der Waals surface area contributed by atoms with Gasteiger partial charge >= 0.3 is 6.03 Å². The summed E-state index contributed by atoms with van der Waals surface area (Å²) in [6.07, 6.45) is 0. The number of hydrogen-bond donors (Lipinski definition) is 2. The molecule has 0 fully saturated rings. The third-order valence-corrected chi connectivity index (χ3v) is 4.87. The molecule has 0 aliphatic heterocycles.